The van der Waals surface area contributed by atoms with Gasteiger partial charge >= 0.3 is 5.97 Å². The van der Waals surface area contributed by atoms with Gasteiger partial charge in [-0.1, -0.05) is 43.6 Å². The van der Waals surface area contributed by atoms with E-state index in [1.807, 2.05) is 18.2 Å². The van der Waals surface area contributed by atoms with Crippen LogP contribution >= 0.6 is 11.6 Å². The summed E-state index contributed by atoms with van der Waals surface area (Å²) >= 11 is 6.04. The van der Waals surface area contributed by atoms with Crippen LogP contribution in [0.2, 0.25) is 5.02 Å². The van der Waals surface area contributed by atoms with Gasteiger partial charge in [-0.25, -0.2) is 4.79 Å². The number of halogens is 1. The third kappa shape index (κ3) is 6.37. The molecule has 0 saturated carbocycles. The lowest BCUT2D eigenvalue weighted by molar-refractivity contribution is -0.111. The summed E-state index contributed by atoms with van der Waals surface area (Å²) in [5.41, 5.74) is 1.82. The standard InChI is InChI=1S/C21H22ClNO3/c1-15(2)13-14-26-21(25)17-7-10-18(11-8-17)23-20(24)12-9-16-5-3-4-6-19(16)22/h3-12,15H,13-14H2,1-2H3,(H,23,24)/b12-9+. The molecule has 0 radical (unpaired) electrons. The smallest absolute Gasteiger partial charge is 0.338 e. The highest BCUT2D eigenvalue weighted by Crippen LogP contribution is 2.16. The average Bonchev–Trinajstić information content (AvgIpc) is 2.61. The van der Waals surface area contributed by atoms with Crippen LogP contribution in [0, 0.1) is 5.92 Å². The van der Waals surface area contributed by atoms with Crippen molar-refractivity contribution in [1.29, 1.82) is 0 Å². The Labute approximate surface area is 158 Å². The predicted molar refractivity (Wildman–Crippen MR) is 105 cm³/mol. The predicted octanol–water partition coefficient (Wildman–Crippen LogP) is 5.19. The first-order valence-electron chi connectivity index (χ1n) is 8.46. The van der Waals surface area contributed by atoms with E-state index < -0.39 is 0 Å². The van der Waals surface area contributed by atoms with E-state index in [0.29, 0.717) is 28.8 Å². The Morgan fingerprint density at radius 3 is 2.46 bits per heavy atom. The molecule has 0 aromatic heterocycles. The summed E-state index contributed by atoms with van der Waals surface area (Å²) in [7, 11) is 0. The van der Waals surface area contributed by atoms with Gasteiger partial charge in [0, 0.05) is 16.8 Å². The van der Waals surface area contributed by atoms with Crippen molar-refractivity contribution in [2.24, 2.45) is 5.92 Å². The highest BCUT2D eigenvalue weighted by Gasteiger charge is 2.08. The molecule has 5 heteroatoms. The first-order valence-corrected chi connectivity index (χ1v) is 8.84. The second-order valence-electron chi connectivity index (χ2n) is 6.24. The first-order chi connectivity index (χ1) is 12.5. The van der Waals surface area contributed by atoms with Gasteiger partial charge in [0.2, 0.25) is 5.91 Å². The fraction of sp³-hybridized carbons (Fsp3) is 0.238. The zero-order chi connectivity index (χ0) is 18.9. The third-order valence-corrected chi connectivity index (χ3v) is 3.98. The second-order valence-corrected chi connectivity index (χ2v) is 6.65. The molecular formula is C21H22ClNO3. The minimum atomic E-state index is -0.359. The molecule has 0 spiro atoms. The minimum Gasteiger partial charge on any atom is -0.462 e. The van der Waals surface area contributed by atoms with Crippen LogP contribution in [0.3, 0.4) is 0 Å². The molecule has 0 saturated heterocycles. The molecule has 1 amide bonds. The molecule has 0 aliphatic carbocycles. The molecule has 0 aliphatic rings. The van der Waals surface area contributed by atoms with Crippen LogP contribution < -0.4 is 5.32 Å². The maximum atomic E-state index is 12.0. The SMILES string of the molecule is CC(C)CCOC(=O)c1ccc(NC(=O)/C=C/c2ccccc2Cl)cc1. The number of nitrogens with one attached hydrogen (secondary N) is 1. The van der Waals surface area contributed by atoms with Gasteiger partial charge in [0.1, 0.15) is 0 Å². The lowest BCUT2D eigenvalue weighted by Gasteiger charge is -2.07. The molecule has 2 rings (SSSR count). The number of benzene rings is 2. The summed E-state index contributed by atoms with van der Waals surface area (Å²) in [6.45, 7) is 4.55. The molecule has 0 fully saturated rings. The van der Waals surface area contributed by atoms with Crippen LogP contribution in [0.15, 0.2) is 54.6 Å². The van der Waals surface area contributed by atoms with Crippen LogP contribution in [0.1, 0.15) is 36.2 Å². The number of anilines is 1. The number of hydrogen-bond donors (Lipinski definition) is 1. The second kappa shape index (κ2) is 9.78. The quantitative estimate of drug-likeness (QED) is 0.538. The summed E-state index contributed by atoms with van der Waals surface area (Å²) < 4.78 is 5.21. The molecule has 1 N–H and O–H groups in total. The number of carbonyl (C=O) groups excluding carboxylic acids is 2. The first kappa shape index (κ1) is 19.7. The van der Waals surface area contributed by atoms with Crippen molar-refractivity contribution in [2.75, 3.05) is 11.9 Å². The van der Waals surface area contributed by atoms with E-state index >= 15 is 0 Å². The molecule has 0 aliphatic heterocycles. The van der Waals surface area contributed by atoms with E-state index in [9.17, 15) is 9.59 Å². The van der Waals surface area contributed by atoms with Crippen molar-refractivity contribution in [2.45, 2.75) is 20.3 Å². The third-order valence-electron chi connectivity index (χ3n) is 3.64. The van der Waals surface area contributed by atoms with Gasteiger partial charge in [0.25, 0.3) is 0 Å². The van der Waals surface area contributed by atoms with Crippen molar-refractivity contribution >= 4 is 35.2 Å². The topological polar surface area (TPSA) is 55.4 Å². The van der Waals surface area contributed by atoms with E-state index in [1.54, 1.807) is 36.4 Å². The Morgan fingerprint density at radius 2 is 1.81 bits per heavy atom. The maximum Gasteiger partial charge on any atom is 0.338 e. The molecule has 136 valence electrons. The summed E-state index contributed by atoms with van der Waals surface area (Å²) in [5, 5.41) is 3.32. The summed E-state index contributed by atoms with van der Waals surface area (Å²) in [6, 6.07) is 13.9. The van der Waals surface area contributed by atoms with Crippen LogP contribution in [0.25, 0.3) is 6.08 Å². The van der Waals surface area contributed by atoms with Gasteiger partial charge in [0.05, 0.1) is 12.2 Å². The van der Waals surface area contributed by atoms with Gasteiger partial charge in [0.15, 0.2) is 0 Å². The molecule has 2 aromatic carbocycles. The van der Waals surface area contributed by atoms with E-state index in [-0.39, 0.29) is 11.9 Å². The number of hydrogen-bond acceptors (Lipinski definition) is 3. The van der Waals surface area contributed by atoms with Gasteiger partial charge in [-0.05, 0) is 54.3 Å². The zero-order valence-corrected chi connectivity index (χ0v) is 15.6. The molecule has 0 atom stereocenters. The fourth-order valence-corrected chi connectivity index (χ4v) is 2.32. The van der Waals surface area contributed by atoms with Crippen LogP contribution in [-0.2, 0) is 9.53 Å². The number of ether oxygens (including phenoxy) is 1. The maximum absolute atomic E-state index is 12.0. The highest BCUT2D eigenvalue weighted by atomic mass is 35.5. The van der Waals surface area contributed by atoms with Gasteiger partial charge in [-0.2, -0.15) is 0 Å². The van der Waals surface area contributed by atoms with E-state index in [4.69, 9.17) is 16.3 Å². The summed E-state index contributed by atoms with van der Waals surface area (Å²) in [6.07, 6.45) is 3.89. The number of amides is 1. The lowest BCUT2D eigenvalue weighted by Crippen LogP contribution is -2.10. The minimum absolute atomic E-state index is 0.280. The molecular weight excluding hydrogens is 350 g/mol. The van der Waals surface area contributed by atoms with Crippen molar-refractivity contribution in [3.63, 3.8) is 0 Å². The summed E-state index contributed by atoms with van der Waals surface area (Å²) in [4.78, 5) is 23.9. The summed E-state index contributed by atoms with van der Waals surface area (Å²) in [5.74, 6) is -0.154. The highest BCUT2D eigenvalue weighted by molar-refractivity contribution is 6.32. The van der Waals surface area contributed by atoms with Crippen molar-refractivity contribution in [3.8, 4) is 0 Å². The molecule has 26 heavy (non-hydrogen) atoms. The normalized spacial score (nSPS) is 10.9. The molecule has 2 aromatic rings. The van der Waals surface area contributed by atoms with Crippen LogP contribution in [-0.4, -0.2) is 18.5 Å². The Morgan fingerprint density at radius 1 is 1.12 bits per heavy atom. The van der Waals surface area contributed by atoms with E-state index in [0.717, 1.165) is 12.0 Å². The molecule has 0 bridgehead atoms. The molecule has 4 nitrogen and oxygen atoms in total. The average molecular weight is 372 g/mol. The Hall–Kier alpha value is -2.59. The van der Waals surface area contributed by atoms with Crippen molar-refractivity contribution < 1.29 is 14.3 Å². The Balaban J connectivity index is 1.89. The lowest BCUT2D eigenvalue weighted by atomic mass is 10.1. The fourth-order valence-electron chi connectivity index (χ4n) is 2.12. The van der Waals surface area contributed by atoms with Crippen molar-refractivity contribution in [1.82, 2.24) is 0 Å². The van der Waals surface area contributed by atoms with Gasteiger partial charge in [-0.3, -0.25) is 4.79 Å². The zero-order valence-electron chi connectivity index (χ0n) is 14.9. The van der Waals surface area contributed by atoms with Crippen LogP contribution in [0.4, 0.5) is 5.69 Å². The van der Waals surface area contributed by atoms with E-state index in [2.05, 4.69) is 19.2 Å². The Kier molecular flexibility index (Phi) is 7.42. The van der Waals surface area contributed by atoms with Gasteiger partial charge < -0.3 is 10.1 Å². The Bertz CT molecular complexity index is 782. The number of carbonyl (C=O) groups is 2. The largest absolute Gasteiger partial charge is 0.462 e. The number of rotatable bonds is 7. The van der Waals surface area contributed by atoms with Crippen molar-refractivity contribution in [3.05, 3.63) is 70.8 Å². The van der Waals surface area contributed by atoms with Gasteiger partial charge in [-0.15, -0.1) is 0 Å². The molecule has 0 heterocycles. The van der Waals surface area contributed by atoms with E-state index in [1.165, 1.54) is 6.08 Å². The monoisotopic (exact) mass is 371 g/mol. The van der Waals surface area contributed by atoms with Crippen LogP contribution in [0.5, 0.6) is 0 Å². The molecule has 0 unspecified atom stereocenters. The number of esters is 1.